The third kappa shape index (κ3) is 3.66. The second-order valence-electron chi connectivity index (χ2n) is 7.63. The van der Waals surface area contributed by atoms with Crippen molar-refractivity contribution >= 4 is 17.3 Å². The highest BCUT2D eigenvalue weighted by atomic mass is 16.2. The molecular weight excluding hydrogens is 384 g/mol. The monoisotopic (exact) mass is 406 g/mol. The number of hydrogen-bond donors (Lipinski definition) is 0. The van der Waals surface area contributed by atoms with E-state index in [2.05, 4.69) is 17.2 Å². The highest BCUT2D eigenvalue weighted by molar-refractivity contribution is 6.15. The molecule has 4 aromatic rings. The third-order valence-electron chi connectivity index (χ3n) is 5.55. The number of hydrazone groups is 1. The lowest BCUT2D eigenvalue weighted by Gasteiger charge is -2.14. The minimum atomic E-state index is -0.309. The van der Waals surface area contributed by atoms with Crippen LogP contribution in [-0.4, -0.2) is 21.4 Å². The van der Waals surface area contributed by atoms with Gasteiger partial charge >= 0.3 is 0 Å². The summed E-state index contributed by atoms with van der Waals surface area (Å²) in [5.74, 6) is -0.314. The number of carbonyl (C=O) groups excluding carboxylic acids is 1. The van der Waals surface area contributed by atoms with Crippen molar-refractivity contribution in [2.75, 3.05) is 5.01 Å². The number of nitrogens with zero attached hydrogens (tertiary/aromatic N) is 4. The summed E-state index contributed by atoms with van der Waals surface area (Å²) in [5.41, 5.74) is 5.55. The molecule has 0 spiro atoms. The normalized spacial score (nSPS) is 15.9. The molecule has 2 heterocycles. The van der Waals surface area contributed by atoms with Crippen LogP contribution in [0, 0.1) is 5.92 Å². The van der Waals surface area contributed by atoms with Crippen molar-refractivity contribution in [3.8, 4) is 16.9 Å². The molecule has 5 rings (SSSR count). The molecule has 0 aliphatic carbocycles. The Hall–Kier alpha value is -3.99. The molecule has 0 N–H and O–H groups in total. The summed E-state index contributed by atoms with van der Waals surface area (Å²) in [4.78, 5) is 13.2. The van der Waals surface area contributed by atoms with Gasteiger partial charge in [0.2, 0.25) is 0 Å². The van der Waals surface area contributed by atoms with E-state index in [0.717, 1.165) is 33.9 Å². The van der Waals surface area contributed by atoms with E-state index in [4.69, 9.17) is 5.10 Å². The zero-order chi connectivity index (χ0) is 21.2. The van der Waals surface area contributed by atoms with Gasteiger partial charge < -0.3 is 0 Å². The molecule has 0 fully saturated rings. The Morgan fingerprint density at radius 2 is 1.39 bits per heavy atom. The summed E-state index contributed by atoms with van der Waals surface area (Å²) < 4.78 is 1.89. The van der Waals surface area contributed by atoms with E-state index >= 15 is 0 Å². The predicted molar refractivity (Wildman–Crippen MR) is 123 cm³/mol. The molecular formula is C26H22N4O. The fourth-order valence-corrected chi connectivity index (χ4v) is 3.92. The number of rotatable bonds is 5. The van der Waals surface area contributed by atoms with Gasteiger partial charge in [-0.1, -0.05) is 66.7 Å². The standard InChI is InChI=1S/C26H22N4O/c1-19-24(26(31)30(27-19)23-15-9-4-10-16-23)17-21-18-29(22-13-7-3-8-14-22)28-25(21)20-11-5-2-6-12-20/h2-16,18,24H,17H2,1H3. The molecule has 1 unspecified atom stereocenters. The first-order valence-corrected chi connectivity index (χ1v) is 10.3. The van der Waals surface area contributed by atoms with Crippen LogP contribution in [0.3, 0.4) is 0 Å². The van der Waals surface area contributed by atoms with Crippen molar-refractivity contribution in [3.63, 3.8) is 0 Å². The van der Waals surface area contributed by atoms with Gasteiger partial charge in [-0.25, -0.2) is 9.69 Å². The summed E-state index contributed by atoms with van der Waals surface area (Å²) in [6.45, 7) is 1.93. The molecule has 3 aromatic carbocycles. The average Bonchev–Trinajstić information content (AvgIpc) is 3.37. The summed E-state index contributed by atoms with van der Waals surface area (Å²) in [5, 5.41) is 10.9. The zero-order valence-corrected chi connectivity index (χ0v) is 17.2. The van der Waals surface area contributed by atoms with Crippen molar-refractivity contribution in [2.45, 2.75) is 13.3 Å². The topological polar surface area (TPSA) is 50.5 Å². The van der Waals surface area contributed by atoms with Crippen LogP contribution >= 0.6 is 0 Å². The van der Waals surface area contributed by atoms with E-state index in [9.17, 15) is 4.79 Å². The van der Waals surface area contributed by atoms with Crippen LogP contribution in [-0.2, 0) is 11.2 Å². The van der Waals surface area contributed by atoms with Crippen molar-refractivity contribution in [3.05, 3.63) is 103 Å². The SMILES string of the molecule is CC1=NN(c2ccccc2)C(=O)C1Cc1cn(-c2ccccc2)nc1-c1ccccc1. The van der Waals surface area contributed by atoms with Gasteiger partial charge in [0.25, 0.3) is 5.91 Å². The number of amides is 1. The summed E-state index contributed by atoms with van der Waals surface area (Å²) in [6, 6.07) is 29.7. The van der Waals surface area contributed by atoms with Crippen LogP contribution in [0.1, 0.15) is 12.5 Å². The van der Waals surface area contributed by atoms with Crippen LogP contribution in [0.15, 0.2) is 102 Å². The van der Waals surface area contributed by atoms with E-state index in [1.54, 1.807) is 0 Å². The number of benzene rings is 3. The van der Waals surface area contributed by atoms with Gasteiger partial charge in [0.1, 0.15) is 0 Å². The average molecular weight is 406 g/mol. The fourth-order valence-electron chi connectivity index (χ4n) is 3.92. The predicted octanol–water partition coefficient (Wildman–Crippen LogP) is 5.12. The fraction of sp³-hybridized carbons (Fsp3) is 0.115. The van der Waals surface area contributed by atoms with E-state index in [1.165, 1.54) is 5.01 Å². The molecule has 5 nitrogen and oxygen atoms in total. The van der Waals surface area contributed by atoms with Crippen LogP contribution in [0.5, 0.6) is 0 Å². The summed E-state index contributed by atoms with van der Waals surface area (Å²) in [7, 11) is 0. The number of anilines is 1. The molecule has 0 saturated carbocycles. The molecule has 1 amide bonds. The molecule has 0 bridgehead atoms. The van der Waals surface area contributed by atoms with Crippen molar-refractivity contribution < 1.29 is 4.79 Å². The summed E-state index contributed by atoms with van der Waals surface area (Å²) in [6.07, 6.45) is 2.58. The lowest BCUT2D eigenvalue weighted by Crippen LogP contribution is -2.28. The van der Waals surface area contributed by atoms with Crippen molar-refractivity contribution in [1.82, 2.24) is 9.78 Å². The highest BCUT2D eigenvalue weighted by Crippen LogP contribution is 2.30. The maximum atomic E-state index is 13.2. The molecule has 0 radical (unpaired) electrons. The Labute approximate surface area is 181 Å². The second-order valence-corrected chi connectivity index (χ2v) is 7.63. The number of para-hydroxylation sites is 2. The highest BCUT2D eigenvalue weighted by Gasteiger charge is 2.35. The molecule has 1 aromatic heterocycles. The largest absolute Gasteiger partial charge is 0.272 e. The lowest BCUT2D eigenvalue weighted by atomic mass is 9.94. The van der Waals surface area contributed by atoms with Crippen LogP contribution in [0.4, 0.5) is 5.69 Å². The van der Waals surface area contributed by atoms with E-state index < -0.39 is 0 Å². The first-order chi connectivity index (χ1) is 15.2. The Kier molecular flexibility index (Phi) is 4.92. The van der Waals surface area contributed by atoms with Gasteiger partial charge in [-0.15, -0.1) is 0 Å². The maximum absolute atomic E-state index is 13.2. The minimum Gasteiger partial charge on any atom is -0.272 e. The number of aromatic nitrogens is 2. The van der Waals surface area contributed by atoms with Gasteiger partial charge in [-0.05, 0) is 43.2 Å². The number of carbonyl (C=O) groups is 1. The van der Waals surface area contributed by atoms with Gasteiger partial charge in [0.05, 0.1) is 23.0 Å². The van der Waals surface area contributed by atoms with Crippen LogP contribution in [0.2, 0.25) is 0 Å². The Morgan fingerprint density at radius 1 is 0.806 bits per heavy atom. The molecule has 1 aliphatic rings. The Balaban J connectivity index is 1.51. The minimum absolute atomic E-state index is 0.00447. The van der Waals surface area contributed by atoms with Crippen molar-refractivity contribution in [1.29, 1.82) is 0 Å². The summed E-state index contributed by atoms with van der Waals surface area (Å²) >= 11 is 0. The Morgan fingerprint density at radius 3 is 2.03 bits per heavy atom. The van der Waals surface area contributed by atoms with E-state index in [0.29, 0.717) is 6.42 Å². The van der Waals surface area contributed by atoms with Crippen molar-refractivity contribution in [2.24, 2.45) is 11.0 Å². The van der Waals surface area contributed by atoms with Gasteiger partial charge in [-0.2, -0.15) is 10.2 Å². The molecule has 1 atom stereocenters. The van der Waals surface area contributed by atoms with Gasteiger partial charge in [-0.3, -0.25) is 4.79 Å². The van der Waals surface area contributed by atoms with Gasteiger partial charge in [0, 0.05) is 17.5 Å². The maximum Gasteiger partial charge on any atom is 0.256 e. The molecule has 1 aliphatic heterocycles. The first-order valence-electron chi connectivity index (χ1n) is 10.3. The quantitative estimate of drug-likeness (QED) is 0.462. The molecule has 31 heavy (non-hydrogen) atoms. The van der Waals surface area contributed by atoms with Crippen LogP contribution < -0.4 is 5.01 Å². The third-order valence-corrected chi connectivity index (χ3v) is 5.55. The molecule has 152 valence electrons. The lowest BCUT2D eigenvalue weighted by molar-refractivity contribution is -0.119. The van der Waals surface area contributed by atoms with Gasteiger partial charge in [0.15, 0.2) is 0 Å². The molecule has 5 heteroatoms. The zero-order valence-electron chi connectivity index (χ0n) is 17.2. The van der Waals surface area contributed by atoms with E-state index in [1.807, 2.05) is 96.7 Å². The smallest absolute Gasteiger partial charge is 0.256 e. The second kappa shape index (κ2) is 8.03. The number of hydrogen-bond acceptors (Lipinski definition) is 3. The first kappa shape index (κ1) is 19.0. The molecule has 0 saturated heterocycles. The van der Waals surface area contributed by atoms with E-state index in [-0.39, 0.29) is 11.8 Å². The van der Waals surface area contributed by atoms with Crippen LogP contribution in [0.25, 0.3) is 16.9 Å². The Bertz CT molecular complexity index is 1230.